The molecule has 7 heteroatoms. The number of carbonyl (C=O) groups excluding carboxylic acids is 1. The summed E-state index contributed by atoms with van der Waals surface area (Å²) in [5, 5.41) is 6.85. The predicted octanol–water partition coefficient (Wildman–Crippen LogP) is 4.49. The molecule has 0 bridgehead atoms. The summed E-state index contributed by atoms with van der Waals surface area (Å²) in [6.45, 7) is 10.9. The van der Waals surface area contributed by atoms with Crippen molar-refractivity contribution in [3.63, 3.8) is 0 Å². The summed E-state index contributed by atoms with van der Waals surface area (Å²) in [5.74, 6) is 1.25. The number of nitrogens with one attached hydrogen (secondary N) is 2. The highest BCUT2D eigenvalue weighted by Crippen LogP contribution is 2.19. The zero-order valence-corrected chi connectivity index (χ0v) is 25.2. The second kappa shape index (κ2) is 19.0. The van der Waals surface area contributed by atoms with E-state index in [-0.39, 0.29) is 5.91 Å². The number of thioether (sulfide) groups is 1. The summed E-state index contributed by atoms with van der Waals surface area (Å²) in [6, 6.07) is 8.94. The van der Waals surface area contributed by atoms with Crippen LogP contribution in [0.4, 0.5) is 0 Å². The van der Waals surface area contributed by atoms with Crippen molar-refractivity contribution in [3.05, 3.63) is 29.8 Å². The van der Waals surface area contributed by atoms with Gasteiger partial charge < -0.3 is 25.3 Å². The zero-order chi connectivity index (χ0) is 26.8. The van der Waals surface area contributed by atoms with Crippen molar-refractivity contribution in [1.29, 1.82) is 0 Å². The fourth-order valence-electron chi connectivity index (χ4n) is 5.28. The normalized spacial score (nSPS) is 16.7. The number of amides is 1. The van der Waals surface area contributed by atoms with Crippen molar-refractivity contribution in [3.8, 4) is 0 Å². The Bertz CT molecular complexity index is 749. The van der Waals surface area contributed by atoms with Gasteiger partial charge >= 0.3 is 0 Å². The average Bonchev–Trinajstić information content (AvgIpc) is 3.75. The molecule has 38 heavy (non-hydrogen) atoms. The molecule has 2 fully saturated rings. The molecule has 1 aliphatic carbocycles. The van der Waals surface area contributed by atoms with Crippen LogP contribution in [-0.4, -0.2) is 105 Å². The van der Waals surface area contributed by atoms with Crippen LogP contribution in [0.15, 0.2) is 29.2 Å². The summed E-state index contributed by atoms with van der Waals surface area (Å²) in [4.78, 5) is 21.2. The standard InChI is InChI=1S/C31H55N5OS/c1-34(19-7-8-20-35(2)22-10-23-36-24-25-36)21-9-17-32-18-26-38-30-15-13-28(14-16-30)27-31(37)33-29-11-5-3-4-6-12-29/h13-16,29,32H,3-12,17-27H2,1-2H3,(H,33,37). The first kappa shape index (κ1) is 31.4. The second-order valence-electron chi connectivity index (χ2n) is 11.5. The maximum Gasteiger partial charge on any atom is 0.224 e. The Kier molecular flexibility index (Phi) is 15.7. The molecule has 0 radical (unpaired) electrons. The molecular formula is C31H55N5OS. The van der Waals surface area contributed by atoms with E-state index in [9.17, 15) is 4.79 Å². The molecule has 0 atom stereocenters. The molecule has 1 amide bonds. The summed E-state index contributed by atoms with van der Waals surface area (Å²) >= 11 is 1.89. The van der Waals surface area contributed by atoms with Gasteiger partial charge in [-0.3, -0.25) is 4.79 Å². The quantitative estimate of drug-likeness (QED) is 0.109. The van der Waals surface area contributed by atoms with Gasteiger partial charge in [0.1, 0.15) is 0 Å². The number of rotatable bonds is 20. The topological polar surface area (TPSA) is 50.6 Å². The smallest absolute Gasteiger partial charge is 0.224 e. The van der Waals surface area contributed by atoms with Crippen molar-refractivity contribution in [2.24, 2.45) is 0 Å². The monoisotopic (exact) mass is 545 g/mol. The highest BCUT2D eigenvalue weighted by atomic mass is 32.2. The van der Waals surface area contributed by atoms with Gasteiger partial charge in [0.25, 0.3) is 0 Å². The highest BCUT2D eigenvalue weighted by Gasteiger charge is 2.16. The van der Waals surface area contributed by atoms with Crippen LogP contribution >= 0.6 is 11.8 Å². The van der Waals surface area contributed by atoms with Gasteiger partial charge in [-0.15, -0.1) is 11.8 Å². The molecule has 1 aliphatic heterocycles. The van der Waals surface area contributed by atoms with Crippen molar-refractivity contribution in [1.82, 2.24) is 25.3 Å². The van der Waals surface area contributed by atoms with Gasteiger partial charge in [0.15, 0.2) is 0 Å². The lowest BCUT2D eigenvalue weighted by Crippen LogP contribution is -2.35. The Morgan fingerprint density at radius 3 is 2.16 bits per heavy atom. The number of carbonyl (C=O) groups is 1. The number of hydrogen-bond donors (Lipinski definition) is 2. The molecule has 216 valence electrons. The Morgan fingerprint density at radius 2 is 1.50 bits per heavy atom. The second-order valence-corrected chi connectivity index (χ2v) is 12.7. The maximum absolute atomic E-state index is 12.4. The Morgan fingerprint density at radius 1 is 0.868 bits per heavy atom. The lowest BCUT2D eigenvalue weighted by Gasteiger charge is -2.19. The molecule has 1 heterocycles. The summed E-state index contributed by atoms with van der Waals surface area (Å²) in [5.41, 5.74) is 1.11. The number of benzene rings is 1. The van der Waals surface area contributed by atoms with E-state index in [0.717, 1.165) is 37.2 Å². The third kappa shape index (κ3) is 14.9. The van der Waals surface area contributed by atoms with Crippen molar-refractivity contribution < 1.29 is 4.79 Å². The van der Waals surface area contributed by atoms with Crippen LogP contribution in [0.2, 0.25) is 0 Å². The van der Waals surface area contributed by atoms with Crippen LogP contribution in [0, 0.1) is 0 Å². The molecule has 2 N–H and O–H groups in total. The lowest BCUT2D eigenvalue weighted by molar-refractivity contribution is -0.121. The third-order valence-corrected chi connectivity index (χ3v) is 8.85. The molecular weight excluding hydrogens is 490 g/mol. The molecule has 0 spiro atoms. The number of unbranched alkanes of at least 4 members (excludes halogenated alkanes) is 1. The van der Waals surface area contributed by atoms with Crippen LogP contribution in [0.25, 0.3) is 0 Å². The number of nitrogens with zero attached hydrogens (tertiary/aromatic N) is 3. The van der Waals surface area contributed by atoms with Crippen LogP contribution in [-0.2, 0) is 11.2 Å². The molecule has 0 unspecified atom stereocenters. The van der Waals surface area contributed by atoms with Crippen LogP contribution in [0.5, 0.6) is 0 Å². The minimum absolute atomic E-state index is 0.174. The molecule has 2 aliphatic rings. The minimum Gasteiger partial charge on any atom is -0.353 e. The van der Waals surface area contributed by atoms with Gasteiger partial charge in [0.05, 0.1) is 6.42 Å². The van der Waals surface area contributed by atoms with Gasteiger partial charge in [-0.25, -0.2) is 0 Å². The van der Waals surface area contributed by atoms with Gasteiger partial charge in [-0.2, -0.15) is 0 Å². The fraction of sp³-hybridized carbons (Fsp3) is 0.774. The molecule has 1 aromatic carbocycles. The summed E-state index contributed by atoms with van der Waals surface area (Å²) in [7, 11) is 4.53. The van der Waals surface area contributed by atoms with E-state index in [1.807, 2.05) is 11.8 Å². The first-order valence-electron chi connectivity index (χ1n) is 15.4. The van der Waals surface area contributed by atoms with Gasteiger partial charge in [0.2, 0.25) is 5.91 Å². The molecule has 3 rings (SSSR count). The first-order chi connectivity index (χ1) is 18.6. The van der Waals surface area contributed by atoms with E-state index in [1.54, 1.807) is 0 Å². The Balaban J connectivity index is 1.12. The van der Waals surface area contributed by atoms with Crippen LogP contribution < -0.4 is 10.6 Å². The molecule has 1 saturated heterocycles. The molecule has 0 aromatic heterocycles. The van der Waals surface area contributed by atoms with E-state index >= 15 is 0 Å². The summed E-state index contributed by atoms with van der Waals surface area (Å²) in [6.07, 6.45) is 13.0. The number of hydrogen-bond acceptors (Lipinski definition) is 6. The highest BCUT2D eigenvalue weighted by molar-refractivity contribution is 7.99. The maximum atomic E-state index is 12.4. The van der Waals surface area contributed by atoms with Crippen molar-refractivity contribution >= 4 is 17.7 Å². The van der Waals surface area contributed by atoms with E-state index < -0.39 is 0 Å². The van der Waals surface area contributed by atoms with E-state index in [2.05, 4.69) is 63.7 Å². The summed E-state index contributed by atoms with van der Waals surface area (Å²) < 4.78 is 0. The largest absolute Gasteiger partial charge is 0.353 e. The van der Waals surface area contributed by atoms with Crippen LogP contribution in [0.1, 0.15) is 69.8 Å². The zero-order valence-electron chi connectivity index (χ0n) is 24.4. The molecule has 1 aromatic rings. The minimum atomic E-state index is 0.174. The van der Waals surface area contributed by atoms with Gasteiger partial charge in [-0.1, -0.05) is 37.8 Å². The first-order valence-corrected chi connectivity index (χ1v) is 16.4. The molecule has 6 nitrogen and oxygen atoms in total. The Hall–Kier alpha value is -1.12. The van der Waals surface area contributed by atoms with E-state index in [4.69, 9.17) is 0 Å². The SMILES string of the molecule is CN(CCCCN(C)CCCN1CC1)CCCNCCSc1ccc(CC(=O)NC2CCCCCC2)cc1. The Labute approximate surface area is 237 Å². The van der Waals surface area contributed by atoms with E-state index in [0.29, 0.717) is 12.5 Å². The van der Waals surface area contributed by atoms with E-state index in [1.165, 1.54) is 102 Å². The third-order valence-electron chi connectivity index (χ3n) is 7.83. The van der Waals surface area contributed by atoms with Crippen LogP contribution in [0.3, 0.4) is 0 Å². The predicted molar refractivity (Wildman–Crippen MR) is 163 cm³/mol. The van der Waals surface area contributed by atoms with Gasteiger partial charge in [0, 0.05) is 36.3 Å². The van der Waals surface area contributed by atoms with Crippen molar-refractivity contribution in [2.45, 2.75) is 81.6 Å². The van der Waals surface area contributed by atoms with Gasteiger partial charge in [-0.05, 0) is 110 Å². The fourth-order valence-corrected chi connectivity index (χ4v) is 6.09. The molecule has 1 saturated carbocycles. The lowest BCUT2D eigenvalue weighted by atomic mass is 10.1. The average molecular weight is 546 g/mol. The van der Waals surface area contributed by atoms with Crippen molar-refractivity contribution in [2.75, 3.05) is 78.8 Å².